The number of ether oxygens (including phenoxy) is 1. The van der Waals surface area contributed by atoms with E-state index in [4.69, 9.17) is 4.74 Å². The molecule has 0 aromatic heterocycles. The molecule has 0 unspecified atom stereocenters. The molecule has 0 bridgehead atoms. The van der Waals surface area contributed by atoms with Crippen LogP contribution >= 0.6 is 0 Å². The summed E-state index contributed by atoms with van der Waals surface area (Å²) in [5, 5.41) is 11.2. The predicted octanol–water partition coefficient (Wildman–Crippen LogP) is 2.13. The van der Waals surface area contributed by atoms with E-state index in [1.807, 2.05) is 51.4 Å². The highest BCUT2D eigenvalue weighted by Crippen LogP contribution is 2.39. The van der Waals surface area contributed by atoms with Gasteiger partial charge in [0.25, 0.3) is 11.7 Å². The Morgan fingerprint density at radius 2 is 1.90 bits per heavy atom. The van der Waals surface area contributed by atoms with Gasteiger partial charge in [0, 0.05) is 5.56 Å². The zero-order valence-electron chi connectivity index (χ0n) is 18.2. The minimum absolute atomic E-state index is 0.118. The monoisotopic (exact) mass is 421 g/mol. The largest absolute Gasteiger partial charge is 0.507 e. The van der Waals surface area contributed by atoms with Crippen molar-refractivity contribution in [2.24, 2.45) is 0 Å². The highest BCUT2D eigenvalue weighted by Gasteiger charge is 2.46. The number of nitrogens with zero attached hydrogens (tertiary/aromatic N) is 1. The second kappa shape index (κ2) is 9.62. The quantitative estimate of drug-likeness (QED) is 0.297. The molecule has 1 atom stereocenters. The summed E-state index contributed by atoms with van der Waals surface area (Å²) in [7, 11) is 3.99. The maximum atomic E-state index is 13.0. The molecule has 1 saturated heterocycles. The first kappa shape index (κ1) is 22.3. The number of Topliss-reactive ketones (excluding diaryl/α,β-unsaturated/α-hetero) is 1. The molecular formula is C25H29N2O4+. The van der Waals surface area contributed by atoms with Crippen LogP contribution in [0.1, 0.15) is 22.7 Å². The van der Waals surface area contributed by atoms with Crippen LogP contribution in [0.25, 0.3) is 5.76 Å². The highest BCUT2D eigenvalue weighted by molar-refractivity contribution is 6.46. The smallest absolute Gasteiger partial charge is 0.295 e. The van der Waals surface area contributed by atoms with Crippen molar-refractivity contribution in [3.8, 4) is 5.75 Å². The summed E-state index contributed by atoms with van der Waals surface area (Å²) >= 11 is 0. The minimum Gasteiger partial charge on any atom is -0.507 e. The summed E-state index contributed by atoms with van der Waals surface area (Å²) in [4.78, 5) is 28.7. The van der Waals surface area contributed by atoms with Crippen molar-refractivity contribution in [1.29, 1.82) is 0 Å². The zero-order chi connectivity index (χ0) is 22.5. The van der Waals surface area contributed by atoms with E-state index in [0.717, 1.165) is 11.1 Å². The van der Waals surface area contributed by atoms with Crippen LogP contribution in [0, 0.1) is 6.92 Å². The molecule has 2 aromatic rings. The van der Waals surface area contributed by atoms with Gasteiger partial charge < -0.3 is 19.6 Å². The number of hydrogen-bond acceptors (Lipinski definition) is 4. The number of amides is 1. The van der Waals surface area contributed by atoms with Gasteiger partial charge in [-0.1, -0.05) is 43.0 Å². The van der Waals surface area contributed by atoms with Crippen LogP contribution in [0.3, 0.4) is 0 Å². The Hall–Kier alpha value is -3.38. The highest BCUT2D eigenvalue weighted by atomic mass is 16.5. The first-order valence-corrected chi connectivity index (χ1v) is 10.3. The van der Waals surface area contributed by atoms with Crippen LogP contribution in [-0.2, 0) is 9.59 Å². The summed E-state index contributed by atoms with van der Waals surface area (Å²) in [6.45, 7) is 6.94. The number of aliphatic hydroxyl groups excluding tert-OH is 1. The van der Waals surface area contributed by atoms with Gasteiger partial charge >= 0.3 is 0 Å². The molecule has 1 aliphatic heterocycles. The molecule has 6 nitrogen and oxygen atoms in total. The molecule has 162 valence electrons. The number of aryl methyl sites for hydroxylation is 1. The Morgan fingerprint density at radius 3 is 2.52 bits per heavy atom. The normalized spacial score (nSPS) is 17.9. The predicted molar refractivity (Wildman–Crippen MR) is 120 cm³/mol. The second-order valence-electron chi connectivity index (χ2n) is 7.94. The van der Waals surface area contributed by atoms with E-state index in [0.29, 0.717) is 31.0 Å². The minimum atomic E-state index is -0.661. The van der Waals surface area contributed by atoms with Crippen molar-refractivity contribution in [3.63, 3.8) is 0 Å². The first-order chi connectivity index (χ1) is 14.8. The lowest BCUT2D eigenvalue weighted by molar-refractivity contribution is -0.857. The fourth-order valence-corrected chi connectivity index (χ4v) is 3.73. The van der Waals surface area contributed by atoms with Gasteiger partial charge in [-0.25, -0.2) is 0 Å². The number of quaternary nitrogens is 1. The molecular weight excluding hydrogens is 392 g/mol. The van der Waals surface area contributed by atoms with Crippen molar-refractivity contribution in [2.75, 3.05) is 33.8 Å². The van der Waals surface area contributed by atoms with Crippen LogP contribution in [-0.4, -0.2) is 55.5 Å². The molecule has 1 fully saturated rings. The Bertz CT molecular complexity index is 1010. The molecule has 6 heteroatoms. The van der Waals surface area contributed by atoms with Gasteiger partial charge in [-0.3, -0.25) is 9.59 Å². The van der Waals surface area contributed by atoms with Gasteiger partial charge in [0.05, 0.1) is 38.8 Å². The molecule has 0 aliphatic carbocycles. The molecule has 1 heterocycles. The number of nitrogens with one attached hydrogen (secondary N) is 1. The van der Waals surface area contributed by atoms with E-state index in [9.17, 15) is 14.7 Å². The van der Waals surface area contributed by atoms with Crippen molar-refractivity contribution in [1.82, 2.24) is 4.90 Å². The molecule has 2 N–H and O–H groups in total. The standard InChI is InChI=1S/C25H28N2O4/c1-5-15-31-19-11-12-20(17(2)16-19)23(28)21-22(18-9-7-6-8-10-18)27(14-13-26(3)4)25(30)24(21)29/h5-12,16,22,28H,1,13-15H2,2-4H3/p+1/t22-/m0/s1. The fraction of sp³-hybridized carbons (Fsp3) is 0.280. The van der Waals surface area contributed by atoms with Crippen molar-refractivity contribution < 1.29 is 24.3 Å². The number of carbonyl (C=O) groups is 2. The molecule has 0 radical (unpaired) electrons. The number of benzene rings is 2. The zero-order valence-corrected chi connectivity index (χ0v) is 18.2. The summed E-state index contributed by atoms with van der Waals surface area (Å²) < 4.78 is 5.55. The maximum absolute atomic E-state index is 13.0. The van der Waals surface area contributed by atoms with Crippen LogP contribution in [0.5, 0.6) is 5.75 Å². The van der Waals surface area contributed by atoms with E-state index in [-0.39, 0.29) is 11.3 Å². The number of ketones is 1. The summed E-state index contributed by atoms with van der Waals surface area (Å²) in [5.41, 5.74) is 2.16. The Morgan fingerprint density at radius 1 is 1.19 bits per heavy atom. The van der Waals surface area contributed by atoms with Gasteiger partial charge in [-0.15, -0.1) is 0 Å². The van der Waals surface area contributed by atoms with E-state index in [2.05, 4.69) is 6.58 Å². The second-order valence-corrected chi connectivity index (χ2v) is 7.94. The summed E-state index contributed by atoms with van der Waals surface area (Å²) in [5.74, 6) is -0.769. The van der Waals surface area contributed by atoms with Crippen LogP contribution in [0.4, 0.5) is 0 Å². The number of carbonyl (C=O) groups excluding carboxylic acids is 2. The van der Waals surface area contributed by atoms with E-state index in [1.165, 1.54) is 4.90 Å². The van der Waals surface area contributed by atoms with Gasteiger partial charge in [0.15, 0.2) is 0 Å². The molecule has 1 aliphatic rings. The van der Waals surface area contributed by atoms with Crippen LogP contribution < -0.4 is 9.64 Å². The number of rotatable bonds is 8. The Kier molecular flexibility index (Phi) is 6.92. The average molecular weight is 422 g/mol. The fourth-order valence-electron chi connectivity index (χ4n) is 3.73. The lowest BCUT2D eigenvalue weighted by Gasteiger charge is -2.25. The molecule has 0 saturated carbocycles. The van der Waals surface area contributed by atoms with E-state index in [1.54, 1.807) is 29.2 Å². The Balaban J connectivity index is 2.09. The average Bonchev–Trinajstić information content (AvgIpc) is 3.01. The number of likely N-dealkylation sites (tertiary alicyclic amines) is 1. The van der Waals surface area contributed by atoms with Gasteiger partial charge in [0.2, 0.25) is 0 Å². The van der Waals surface area contributed by atoms with Gasteiger partial charge in [-0.05, 0) is 36.2 Å². The van der Waals surface area contributed by atoms with E-state index < -0.39 is 17.7 Å². The molecule has 31 heavy (non-hydrogen) atoms. The SMILES string of the molecule is C=CCOc1ccc(C(O)=C2C(=O)C(=O)N(CC[NH+](C)C)[C@H]2c2ccccc2)c(C)c1. The molecule has 1 amide bonds. The number of hydrogen-bond donors (Lipinski definition) is 2. The van der Waals surface area contributed by atoms with Gasteiger partial charge in [-0.2, -0.15) is 0 Å². The third-order valence-corrected chi connectivity index (χ3v) is 5.33. The molecule has 2 aromatic carbocycles. The topological polar surface area (TPSA) is 71.3 Å². The summed E-state index contributed by atoms with van der Waals surface area (Å²) in [6.07, 6.45) is 1.65. The summed E-state index contributed by atoms with van der Waals surface area (Å²) in [6, 6.07) is 14.0. The van der Waals surface area contributed by atoms with Crippen molar-refractivity contribution in [3.05, 3.63) is 83.4 Å². The van der Waals surface area contributed by atoms with Gasteiger partial charge in [0.1, 0.15) is 18.1 Å². The van der Waals surface area contributed by atoms with Crippen molar-refractivity contribution >= 4 is 17.4 Å². The molecule has 3 rings (SSSR count). The molecule has 0 spiro atoms. The third-order valence-electron chi connectivity index (χ3n) is 5.33. The van der Waals surface area contributed by atoms with Crippen LogP contribution in [0.2, 0.25) is 0 Å². The number of aliphatic hydroxyl groups is 1. The first-order valence-electron chi connectivity index (χ1n) is 10.3. The maximum Gasteiger partial charge on any atom is 0.295 e. The number of likely N-dealkylation sites (N-methyl/N-ethyl adjacent to an activating group) is 1. The lowest BCUT2D eigenvalue weighted by atomic mass is 9.94. The Labute approximate surface area is 183 Å². The third kappa shape index (κ3) is 4.70. The van der Waals surface area contributed by atoms with Crippen molar-refractivity contribution in [2.45, 2.75) is 13.0 Å². The lowest BCUT2D eigenvalue weighted by Crippen LogP contribution is -3.06. The van der Waals surface area contributed by atoms with Crippen LogP contribution in [0.15, 0.2) is 66.8 Å². The van der Waals surface area contributed by atoms with E-state index >= 15 is 0 Å².